The lowest BCUT2D eigenvalue weighted by atomic mass is 10.2. The fourth-order valence-corrected chi connectivity index (χ4v) is 0.604. The van der Waals surface area contributed by atoms with Crippen molar-refractivity contribution in [2.24, 2.45) is 5.92 Å². The molecule has 0 aliphatic rings. The van der Waals surface area contributed by atoms with E-state index < -0.39 is 6.10 Å². The zero-order valence-electron chi connectivity index (χ0n) is 7.45. The molecule has 0 radical (unpaired) electrons. The largest absolute Gasteiger partial charge is 0.394 e. The van der Waals surface area contributed by atoms with E-state index in [1.807, 2.05) is 13.8 Å². The van der Waals surface area contributed by atoms with Crippen LogP contribution in [0.3, 0.4) is 0 Å². The van der Waals surface area contributed by atoms with Crippen LogP contribution in [0.4, 0.5) is 0 Å². The molecule has 68 valence electrons. The van der Waals surface area contributed by atoms with Crippen LogP contribution in [0.2, 0.25) is 0 Å². The molecule has 0 fully saturated rings. The number of hydrogen-bond donors (Lipinski definition) is 2. The Bertz CT molecular complexity index is 93.3. The third-order valence-corrected chi connectivity index (χ3v) is 1.42. The molecule has 0 bridgehead atoms. The van der Waals surface area contributed by atoms with Crippen LogP contribution in [0.1, 0.15) is 20.8 Å². The summed E-state index contributed by atoms with van der Waals surface area (Å²) in [5, 5.41) is 17.6. The van der Waals surface area contributed by atoms with Crippen molar-refractivity contribution < 1.29 is 14.9 Å². The molecule has 0 aromatic heterocycles. The molecule has 2 atom stereocenters. The van der Waals surface area contributed by atoms with E-state index in [-0.39, 0.29) is 12.7 Å². The average Bonchev–Trinajstić information content (AvgIpc) is 1.98. The number of aliphatic hydroxyl groups excluding tert-OH is 2. The highest BCUT2D eigenvalue weighted by molar-refractivity contribution is 4.61. The summed E-state index contributed by atoms with van der Waals surface area (Å²) in [7, 11) is 0. The van der Waals surface area contributed by atoms with Crippen molar-refractivity contribution in [2.75, 3.05) is 13.2 Å². The van der Waals surface area contributed by atoms with Gasteiger partial charge in [-0.1, -0.05) is 13.8 Å². The normalized spacial score (nSPS) is 16.9. The Labute approximate surface area is 68.0 Å². The summed E-state index contributed by atoms with van der Waals surface area (Å²) in [5.41, 5.74) is 0. The molecule has 3 heteroatoms. The molecule has 11 heavy (non-hydrogen) atoms. The van der Waals surface area contributed by atoms with E-state index in [2.05, 4.69) is 0 Å². The van der Waals surface area contributed by atoms with E-state index >= 15 is 0 Å². The Hall–Kier alpha value is -0.120. The lowest BCUT2D eigenvalue weighted by Gasteiger charge is -2.18. The van der Waals surface area contributed by atoms with Crippen molar-refractivity contribution in [3.8, 4) is 0 Å². The first kappa shape index (κ1) is 10.9. The van der Waals surface area contributed by atoms with Gasteiger partial charge in [-0.2, -0.15) is 0 Å². The summed E-state index contributed by atoms with van der Waals surface area (Å²) >= 11 is 0. The van der Waals surface area contributed by atoms with Crippen LogP contribution in [-0.4, -0.2) is 35.6 Å². The highest BCUT2D eigenvalue weighted by Crippen LogP contribution is 2.01. The Kier molecular flexibility index (Phi) is 5.46. The van der Waals surface area contributed by atoms with Crippen LogP contribution in [0.15, 0.2) is 0 Å². The Balaban J connectivity index is 3.43. The number of hydrogen-bond acceptors (Lipinski definition) is 3. The Morgan fingerprint density at radius 1 is 1.27 bits per heavy atom. The molecule has 3 nitrogen and oxygen atoms in total. The molecule has 2 N–H and O–H groups in total. The summed E-state index contributed by atoms with van der Waals surface area (Å²) in [5.74, 6) is 0.461. The van der Waals surface area contributed by atoms with Crippen LogP contribution in [0.25, 0.3) is 0 Å². The summed E-state index contributed by atoms with van der Waals surface area (Å²) in [6.07, 6.45) is -1.03. The van der Waals surface area contributed by atoms with Crippen LogP contribution in [0.5, 0.6) is 0 Å². The number of ether oxygens (including phenoxy) is 1. The van der Waals surface area contributed by atoms with E-state index in [4.69, 9.17) is 14.9 Å². The van der Waals surface area contributed by atoms with Crippen molar-refractivity contribution >= 4 is 0 Å². The Morgan fingerprint density at radius 3 is 2.18 bits per heavy atom. The summed E-state index contributed by atoms with van der Waals surface area (Å²) < 4.78 is 5.25. The lowest BCUT2D eigenvalue weighted by Crippen LogP contribution is -2.30. The monoisotopic (exact) mass is 162 g/mol. The van der Waals surface area contributed by atoms with E-state index in [1.54, 1.807) is 6.92 Å². The van der Waals surface area contributed by atoms with Crippen molar-refractivity contribution in [1.29, 1.82) is 0 Å². The maximum atomic E-state index is 9.06. The highest BCUT2D eigenvalue weighted by atomic mass is 16.5. The number of rotatable bonds is 5. The maximum Gasteiger partial charge on any atom is 0.103 e. The van der Waals surface area contributed by atoms with Gasteiger partial charge in [-0.3, -0.25) is 0 Å². The minimum Gasteiger partial charge on any atom is -0.394 e. The van der Waals surface area contributed by atoms with Gasteiger partial charge < -0.3 is 14.9 Å². The molecular formula is C8H18O3. The first-order valence-electron chi connectivity index (χ1n) is 3.98. The second-order valence-electron chi connectivity index (χ2n) is 3.18. The van der Waals surface area contributed by atoms with Crippen molar-refractivity contribution in [2.45, 2.75) is 33.0 Å². The molecule has 0 saturated carbocycles. The summed E-state index contributed by atoms with van der Waals surface area (Å²) in [6, 6.07) is 0. The van der Waals surface area contributed by atoms with Crippen molar-refractivity contribution in [3.05, 3.63) is 0 Å². The van der Waals surface area contributed by atoms with Gasteiger partial charge in [0.05, 0.1) is 12.7 Å². The summed E-state index contributed by atoms with van der Waals surface area (Å²) in [6.45, 7) is 6.22. The molecule has 0 spiro atoms. The average molecular weight is 162 g/mol. The predicted molar refractivity (Wildman–Crippen MR) is 43.3 cm³/mol. The second kappa shape index (κ2) is 5.52. The Morgan fingerprint density at radius 2 is 1.82 bits per heavy atom. The predicted octanol–water partition coefficient (Wildman–Crippen LogP) is 0.401. The van der Waals surface area contributed by atoms with Crippen LogP contribution in [0, 0.1) is 5.92 Å². The van der Waals surface area contributed by atoms with Crippen LogP contribution < -0.4 is 0 Å². The van der Waals surface area contributed by atoms with E-state index in [0.717, 1.165) is 0 Å². The molecule has 0 aliphatic carbocycles. The first-order valence-corrected chi connectivity index (χ1v) is 3.98. The van der Waals surface area contributed by atoms with Gasteiger partial charge in [0.2, 0.25) is 0 Å². The molecule has 0 aromatic carbocycles. The quantitative estimate of drug-likeness (QED) is 0.615. The highest BCUT2D eigenvalue weighted by Gasteiger charge is 2.13. The van der Waals surface area contributed by atoms with Gasteiger partial charge in [0.25, 0.3) is 0 Å². The standard InChI is InChI=1S/C8H18O3/c1-6(2)5-11-7(3)8(10)4-9/h6-10H,4-5H2,1-3H3. The van der Waals surface area contributed by atoms with Gasteiger partial charge in [0.15, 0.2) is 0 Å². The van der Waals surface area contributed by atoms with E-state index in [1.165, 1.54) is 0 Å². The molecular weight excluding hydrogens is 144 g/mol. The van der Waals surface area contributed by atoms with Gasteiger partial charge in [0, 0.05) is 6.61 Å². The molecule has 0 aromatic rings. The topological polar surface area (TPSA) is 49.7 Å². The molecule has 0 aliphatic heterocycles. The van der Waals surface area contributed by atoms with Gasteiger partial charge in [-0.25, -0.2) is 0 Å². The molecule has 0 rings (SSSR count). The van der Waals surface area contributed by atoms with Crippen LogP contribution >= 0.6 is 0 Å². The zero-order valence-corrected chi connectivity index (χ0v) is 7.45. The van der Waals surface area contributed by atoms with Crippen molar-refractivity contribution in [3.63, 3.8) is 0 Å². The van der Waals surface area contributed by atoms with Gasteiger partial charge in [-0.15, -0.1) is 0 Å². The summed E-state index contributed by atoms with van der Waals surface area (Å²) in [4.78, 5) is 0. The van der Waals surface area contributed by atoms with E-state index in [9.17, 15) is 0 Å². The van der Waals surface area contributed by atoms with Crippen LogP contribution in [-0.2, 0) is 4.74 Å². The zero-order chi connectivity index (χ0) is 8.85. The fraction of sp³-hybridized carbons (Fsp3) is 1.00. The second-order valence-corrected chi connectivity index (χ2v) is 3.18. The smallest absolute Gasteiger partial charge is 0.103 e. The van der Waals surface area contributed by atoms with Crippen molar-refractivity contribution in [1.82, 2.24) is 0 Å². The molecule has 0 saturated heterocycles. The number of aliphatic hydroxyl groups is 2. The van der Waals surface area contributed by atoms with Gasteiger partial charge in [0.1, 0.15) is 6.10 Å². The third-order valence-electron chi connectivity index (χ3n) is 1.42. The molecule has 2 unspecified atom stereocenters. The first-order chi connectivity index (χ1) is 5.07. The fourth-order valence-electron chi connectivity index (χ4n) is 0.604. The SMILES string of the molecule is CC(C)COC(C)C(O)CO. The lowest BCUT2D eigenvalue weighted by molar-refractivity contribution is -0.0553. The minimum atomic E-state index is -0.756. The van der Waals surface area contributed by atoms with Gasteiger partial charge in [-0.05, 0) is 12.8 Å². The van der Waals surface area contributed by atoms with Gasteiger partial charge >= 0.3 is 0 Å². The minimum absolute atomic E-state index is 0.237. The maximum absolute atomic E-state index is 9.06. The van der Waals surface area contributed by atoms with E-state index in [0.29, 0.717) is 12.5 Å². The molecule has 0 amide bonds. The third kappa shape index (κ3) is 5.18. The molecule has 0 heterocycles.